The van der Waals surface area contributed by atoms with E-state index in [1.54, 1.807) is 0 Å². The van der Waals surface area contributed by atoms with E-state index in [1.807, 2.05) is 24.3 Å². The van der Waals surface area contributed by atoms with Crippen molar-refractivity contribution in [3.05, 3.63) is 76.1 Å². The van der Waals surface area contributed by atoms with Gasteiger partial charge < -0.3 is 9.88 Å². The molecular formula is C26H29ClN4O. The van der Waals surface area contributed by atoms with Gasteiger partial charge in [0.2, 0.25) is 0 Å². The van der Waals surface area contributed by atoms with Crippen LogP contribution in [0.4, 0.5) is 0 Å². The SMILES string of the molecule is O=C(NCCN1CCc2ccccc2C1)c1nc(-c2ccc(Cl)cc2)n2c1CCCCC2. The fourth-order valence-electron chi connectivity index (χ4n) is 4.88. The van der Waals surface area contributed by atoms with E-state index in [1.165, 1.54) is 17.5 Å². The van der Waals surface area contributed by atoms with Crippen LogP contribution in [-0.4, -0.2) is 40.0 Å². The molecule has 0 saturated carbocycles. The van der Waals surface area contributed by atoms with E-state index in [2.05, 4.69) is 39.0 Å². The van der Waals surface area contributed by atoms with E-state index in [4.69, 9.17) is 16.6 Å². The standard InChI is InChI=1S/C26H29ClN4O/c27-22-11-9-20(10-12-22)25-29-24(23-8-2-1-5-15-31(23)25)26(32)28-14-17-30-16-13-19-6-3-4-7-21(19)18-30/h3-4,6-7,9-12H,1-2,5,8,13-18H2,(H,28,32). The first-order valence-corrected chi connectivity index (χ1v) is 12.0. The number of benzene rings is 2. The molecule has 0 spiro atoms. The summed E-state index contributed by atoms with van der Waals surface area (Å²) in [6, 6.07) is 16.4. The van der Waals surface area contributed by atoms with Crippen molar-refractivity contribution in [2.24, 2.45) is 0 Å². The fraction of sp³-hybridized carbons (Fsp3) is 0.385. The normalized spacial score (nSPS) is 16.2. The molecule has 5 rings (SSSR count). The van der Waals surface area contributed by atoms with Crippen molar-refractivity contribution < 1.29 is 4.79 Å². The molecule has 1 N–H and O–H groups in total. The number of aromatic nitrogens is 2. The molecule has 5 nitrogen and oxygen atoms in total. The predicted molar refractivity (Wildman–Crippen MR) is 128 cm³/mol. The Labute approximate surface area is 194 Å². The number of carbonyl (C=O) groups excluding carboxylic acids is 1. The van der Waals surface area contributed by atoms with Crippen LogP contribution in [-0.2, 0) is 25.9 Å². The third-order valence-electron chi connectivity index (χ3n) is 6.61. The molecule has 32 heavy (non-hydrogen) atoms. The van der Waals surface area contributed by atoms with Crippen LogP contribution in [0.25, 0.3) is 11.4 Å². The maximum atomic E-state index is 13.1. The number of halogens is 1. The lowest BCUT2D eigenvalue weighted by atomic mass is 10.00. The molecule has 3 heterocycles. The maximum Gasteiger partial charge on any atom is 0.271 e. The summed E-state index contributed by atoms with van der Waals surface area (Å²) in [5, 5.41) is 3.84. The average Bonchev–Trinajstić information content (AvgIpc) is 3.00. The number of carbonyl (C=O) groups is 1. The highest BCUT2D eigenvalue weighted by molar-refractivity contribution is 6.30. The first-order chi connectivity index (χ1) is 15.7. The third kappa shape index (κ3) is 4.45. The molecule has 6 heteroatoms. The molecule has 0 aliphatic carbocycles. The van der Waals surface area contributed by atoms with Crippen LogP contribution in [0.1, 0.15) is 46.6 Å². The van der Waals surface area contributed by atoms with E-state index in [0.29, 0.717) is 17.3 Å². The van der Waals surface area contributed by atoms with Crippen molar-refractivity contribution in [1.82, 2.24) is 19.8 Å². The van der Waals surface area contributed by atoms with Crippen LogP contribution in [0.2, 0.25) is 5.02 Å². The fourth-order valence-corrected chi connectivity index (χ4v) is 5.00. The van der Waals surface area contributed by atoms with Crippen LogP contribution in [0, 0.1) is 0 Å². The Kier molecular flexibility index (Phi) is 6.28. The molecule has 1 amide bonds. The number of nitrogens with zero attached hydrogens (tertiary/aromatic N) is 3. The minimum atomic E-state index is -0.0618. The minimum absolute atomic E-state index is 0.0618. The van der Waals surface area contributed by atoms with E-state index in [-0.39, 0.29) is 5.91 Å². The summed E-state index contributed by atoms with van der Waals surface area (Å²) >= 11 is 6.08. The first kappa shape index (κ1) is 21.2. The molecule has 1 aromatic heterocycles. The van der Waals surface area contributed by atoms with Gasteiger partial charge in [-0.15, -0.1) is 0 Å². The Morgan fingerprint density at radius 2 is 1.78 bits per heavy atom. The van der Waals surface area contributed by atoms with Gasteiger partial charge in [0.05, 0.1) is 5.69 Å². The van der Waals surface area contributed by atoms with Gasteiger partial charge in [0.15, 0.2) is 0 Å². The zero-order valence-electron chi connectivity index (χ0n) is 18.3. The maximum absolute atomic E-state index is 13.1. The topological polar surface area (TPSA) is 50.2 Å². The second kappa shape index (κ2) is 9.47. The molecule has 0 saturated heterocycles. The zero-order valence-corrected chi connectivity index (χ0v) is 19.1. The van der Waals surface area contributed by atoms with Gasteiger partial charge in [0.25, 0.3) is 5.91 Å². The summed E-state index contributed by atoms with van der Waals surface area (Å²) in [7, 11) is 0. The molecule has 166 valence electrons. The summed E-state index contributed by atoms with van der Waals surface area (Å²) in [6.07, 6.45) is 5.36. The number of hydrogen-bond acceptors (Lipinski definition) is 3. The predicted octanol–water partition coefficient (Wildman–Crippen LogP) is 4.72. The number of fused-ring (bicyclic) bond motifs is 2. The molecule has 0 atom stereocenters. The minimum Gasteiger partial charge on any atom is -0.349 e. The van der Waals surface area contributed by atoms with Crippen LogP contribution in [0.3, 0.4) is 0 Å². The highest BCUT2D eigenvalue weighted by atomic mass is 35.5. The van der Waals surface area contributed by atoms with Crippen molar-refractivity contribution >= 4 is 17.5 Å². The molecule has 3 aromatic rings. The Hall–Kier alpha value is -2.63. The number of hydrogen-bond donors (Lipinski definition) is 1. The van der Waals surface area contributed by atoms with Crippen LogP contribution < -0.4 is 5.32 Å². The zero-order chi connectivity index (χ0) is 21.9. The van der Waals surface area contributed by atoms with Gasteiger partial charge in [-0.3, -0.25) is 9.69 Å². The molecule has 2 aromatic carbocycles. The van der Waals surface area contributed by atoms with Crippen LogP contribution >= 0.6 is 11.6 Å². The lowest BCUT2D eigenvalue weighted by Crippen LogP contribution is -2.38. The van der Waals surface area contributed by atoms with Gasteiger partial charge in [-0.2, -0.15) is 0 Å². The van der Waals surface area contributed by atoms with Crippen LogP contribution in [0.15, 0.2) is 48.5 Å². The highest BCUT2D eigenvalue weighted by Gasteiger charge is 2.24. The second-order valence-electron chi connectivity index (χ2n) is 8.75. The molecule has 0 bridgehead atoms. The van der Waals surface area contributed by atoms with E-state index in [9.17, 15) is 4.79 Å². The molecule has 2 aliphatic rings. The van der Waals surface area contributed by atoms with Crippen molar-refractivity contribution in [2.45, 2.75) is 45.2 Å². The molecule has 2 aliphatic heterocycles. The second-order valence-corrected chi connectivity index (χ2v) is 9.19. The Bertz CT molecular complexity index is 1110. The monoisotopic (exact) mass is 448 g/mol. The quantitative estimate of drug-likeness (QED) is 0.614. The van der Waals surface area contributed by atoms with Crippen molar-refractivity contribution in [3.63, 3.8) is 0 Å². The van der Waals surface area contributed by atoms with Gasteiger partial charge in [-0.1, -0.05) is 42.3 Å². The highest BCUT2D eigenvalue weighted by Crippen LogP contribution is 2.28. The van der Waals surface area contributed by atoms with Gasteiger partial charge in [-0.05, 0) is 61.1 Å². The largest absolute Gasteiger partial charge is 0.349 e. The van der Waals surface area contributed by atoms with Crippen molar-refractivity contribution in [2.75, 3.05) is 19.6 Å². The lowest BCUT2D eigenvalue weighted by molar-refractivity contribution is 0.0941. The van der Waals surface area contributed by atoms with E-state index >= 15 is 0 Å². The van der Waals surface area contributed by atoms with Gasteiger partial charge in [0.1, 0.15) is 11.5 Å². The Morgan fingerprint density at radius 3 is 2.62 bits per heavy atom. The van der Waals surface area contributed by atoms with Gasteiger partial charge >= 0.3 is 0 Å². The molecular weight excluding hydrogens is 420 g/mol. The van der Waals surface area contributed by atoms with Gasteiger partial charge in [0, 0.05) is 43.3 Å². The Balaban J connectivity index is 1.29. The van der Waals surface area contributed by atoms with Crippen molar-refractivity contribution in [3.8, 4) is 11.4 Å². The summed E-state index contributed by atoms with van der Waals surface area (Å²) in [4.78, 5) is 20.4. The molecule has 0 unspecified atom stereocenters. The number of rotatable bonds is 5. The lowest BCUT2D eigenvalue weighted by Gasteiger charge is -2.28. The summed E-state index contributed by atoms with van der Waals surface area (Å²) in [5.41, 5.74) is 5.50. The van der Waals surface area contributed by atoms with Crippen molar-refractivity contribution in [1.29, 1.82) is 0 Å². The summed E-state index contributed by atoms with van der Waals surface area (Å²) in [5.74, 6) is 0.810. The number of amides is 1. The number of nitrogens with one attached hydrogen (secondary N) is 1. The number of imidazole rings is 1. The van der Waals surface area contributed by atoms with Gasteiger partial charge in [-0.25, -0.2) is 4.98 Å². The van der Waals surface area contributed by atoms with E-state index < -0.39 is 0 Å². The Morgan fingerprint density at radius 1 is 0.969 bits per heavy atom. The smallest absolute Gasteiger partial charge is 0.271 e. The summed E-state index contributed by atoms with van der Waals surface area (Å²) < 4.78 is 2.24. The van der Waals surface area contributed by atoms with Crippen LogP contribution in [0.5, 0.6) is 0 Å². The molecule has 0 radical (unpaired) electrons. The molecule has 0 fully saturated rings. The first-order valence-electron chi connectivity index (χ1n) is 11.6. The summed E-state index contributed by atoms with van der Waals surface area (Å²) in [6.45, 7) is 4.37. The third-order valence-corrected chi connectivity index (χ3v) is 6.86. The average molecular weight is 449 g/mol. The van der Waals surface area contributed by atoms with E-state index in [0.717, 1.165) is 68.9 Å².